The average molecular weight is 435 g/mol. The Labute approximate surface area is 177 Å². The number of halogens is 1. The maximum absolute atomic E-state index is 14.5. The number of hydrogen-bond acceptors (Lipinski definition) is 4. The normalized spacial score (nSPS) is 19.5. The number of nitrogens with zero attached hydrogens (tertiary/aromatic N) is 1. The van der Waals surface area contributed by atoms with Crippen molar-refractivity contribution in [2.45, 2.75) is 38.3 Å². The summed E-state index contributed by atoms with van der Waals surface area (Å²) in [4.78, 5) is 14.1. The summed E-state index contributed by atoms with van der Waals surface area (Å²) < 4.78 is 46.1. The maximum Gasteiger partial charge on any atom is 0.410 e. The van der Waals surface area contributed by atoms with E-state index in [9.17, 15) is 17.6 Å². The quantitative estimate of drug-likeness (QED) is 0.754. The molecule has 2 aromatic rings. The molecule has 0 unspecified atom stereocenters. The van der Waals surface area contributed by atoms with Crippen LogP contribution in [0.4, 0.5) is 9.18 Å². The molecule has 1 aliphatic heterocycles. The van der Waals surface area contributed by atoms with Crippen LogP contribution in [0.15, 0.2) is 48.5 Å². The molecule has 1 heterocycles. The second-order valence-electron chi connectivity index (χ2n) is 7.48. The van der Waals surface area contributed by atoms with Crippen LogP contribution in [0.5, 0.6) is 0 Å². The highest BCUT2D eigenvalue weighted by atomic mass is 32.2. The standard InChI is InChI=1S/C22H27FN2O4S/c1-3-29-22(26)25-13-7-10-20(24-30(2,27)28)21(25)15-16-11-12-19(23)18(14-16)17-8-5-4-6-9-17/h4-6,8-9,11-12,14,20-21,24H,3,7,10,13,15H2,1-2H3/t20-,21-/m1/s1. The van der Waals surface area contributed by atoms with Gasteiger partial charge in [-0.05, 0) is 49.4 Å². The molecular weight excluding hydrogens is 407 g/mol. The van der Waals surface area contributed by atoms with E-state index in [4.69, 9.17) is 4.74 Å². The lowest BCUT2D eigenvalue weighted by Crippen LogP contribution is -2.57. The van der Waals surface area contributed by atoms with Gasteiger partial charge in [-0.2, -0.15) is 0 Å². The summed E-state index contributed by atoms with van der Waals surface area (Å²) in [6.07, 6.45) is 2.31. The molecule has 0 aliphatic carbocycles. The molecule has 1 N–H and O–H groups in total. The van der Waals surface area contributed by atoms with Gasteiger partial charge in [-0.3, -0.25) is 0 Å². The molecule has 0 spiro atoms. The SMILES string of the molecule is CCOC(=O)N1CCC[C@@H](NS(C)(=O)=O)[C@H]1Cc1ccc(F)c(-c2ccccc2)c1. The van der Waals surface area contributed by atoms with Gasteiger partial charge < -0.3 is 9.64 Å². The first-order valence-corrected chi connectivity index (χ1v) is 11.9. The number of carbonyl (C=O) groups is 1. The van der Waals surface area contributed by atoms with Crippen LogP contribution in [0, 0.1) is 5.82 Å². The van der Waals surface area contributed by atoms with Crippen LogP contribution in [0.1, 0.15) is 25.3 Å². The summed E-state index contributed by atoms with van der Waals surface area (Å²) >= 11 is 0. The predicted octanol–water partition coefficient (Wildman–Crippen LogP) is 3.57. The number of piperidine rings is 1. The van der Waals surface area contributed by atoms with Gasteiger partial charge in [-0.1, -0.05) is 36.4 Å². The Hall–Kier alpha value is -2.45. The Balaban J connectivity index is 1.93. The summed E-state index contributed by atoms with van der Waals surface area (Å²) in [7, 11) is -3.46. The fourth-order valence-corrected chi connectivity index (χ4v) is 4.76. The molecule has 2 aromatic carbocycles. The van der Waals surface area contributed by atoms with E-state index in [-0.39, 0.29) is 12.4 Å². The number of hydrogen-bond donors (Lipinski definition) is 1. The highest BCUT2D eigenvalue weighted by Gasteiger charge is 2.36. The van der Waals surface area contributed by atoms with E-state index in [1.807, 2.05) is 30.3 Å². The van der Waals surface area contributed by atoms with E-state index < -0.39 is 28.2 Å². The third-order valence-electron chi connectivity index (χ3n) is 5.21. The molecule has 1 saturated heterocycles. The number of nitrogens with one attached hydrogen (secondary N) is 1. The number of carbonyl (C=O) groups excluding carboxylic acids is 1. The Bertz CT molecular complexity index is 982. The Morgan fingerprint density at radius 3 is 2.63 bits per heavy atom. The minimum absolute atomic E-state index is 0.237. The lowest BCUT2D eigenvalue weighted by atomic mass is 9.90. The van der Waals surface area contributed by atoms with Crippen molar-refractivity contribution in [3.05, 3.63) is 59.9 Å². The summed E-state index contributed by atoms with van der Waals surface area (Å²) in [5, 5.41) is 0. The first kappa shape index (κ1) is 22.2. The van der Waals surface area contributed by atoms with Crippen LogP contribution in [-0.4, -0.2) is 50.9 Å². The largest absolute Gasteiger partial charge is 0.450 e. The molecule has 1 aliphatic rings. The van der Waals surface area contributed by atoms with Gasteiger partial charge in [0.25, 0.3) is 0 Å². The zero-order valence-electron chi connectivity index (χ0n) is 17.2. The molecule has 3 rings (SSSR count). The molecule has 8 heteroatoms. The molecule has 1 fully saturated rings. The van der Waals surface area contributed by atoms with Crippen molar-refractivity contribution in [3.8, 4) is 11.1 Å². The molecule has 30 heavy (non-hydrogen) atoms. The van der Waals surface area contributed by atoms with Gasteiger partial charge in [-0.25, -0.2) is 22.3 Å². The fraction of sp³-hybridized carbons (Fsp3) is 0.409. The summed E-state index contributed by atoms with van der Waals surface area (Å²) in [5.74, 6) is -0.332. The Kier molecular flexibility index (Phi) is 7.10. The zero-order valence-corrected chi connectivity index (χ0v) is 18.0. The molecule has 2 atom stereocenters. The number of sulfonamides is 1. The lowest BCUT2D eigenvalue weighted by Gasteiger charge is -2.40. The van der Waals surface area contributed by atoms with Crippen molar-refractivity contribution >= 4 is 16.1 Å². The third-order valence-corrected chi connectivity index (χ3v) is 5.94. The predicted molar refractivity (Wildman–Crippen MR) is 114 cm³/mol. The first-order chi connectivity index (χ1) is 14.3. The fourth-order valence-electron chi connectivity index (χ4n) is 3.93. The van der Waals surface area contributed by atoms with E-state index >= 15 is 0 Å². The van der Waals surface area contributed by atoms with Crippen molar-refractivity contribution < 1.29 is 22.3 Å². The minimum Gasteiger partial charge on any atom is -0.450 e. The second kappa shape index (κ2) is 9.57. The number of rotatable bonds is 6. The van der Waals surface area contributed by atoms with Crippen LogP contribution >= 0.6 is 0 Å². The molecule has 0 bridgehead atoms. The van der Waals surface area contributed by atoms with E-state index in [0.29, 0.717) is 31.4 Å². The molecule has 6 nitrogen and oxygen atoms in total. The van der Waals surface area contributed by atoms with Gasteiger partial charge in [0, 0.05) is 18.2 Å². The van der Waals surface area contributed by atoms with E-state index in [0.717, 1.165) is 17.4 Å². The van der Waals surface area contributed by atoms with Crippen molar-refractivity contribution in [1.29, 1.82) is 0 Å². The number of likely N-dealkylation sites (tertiary alicyclic amines) is 1. The van der Waals surface area contributed by atoms with Gasteiger partial charge in [0.15, 0.2) is 0 Å². The van der Waals surface area contributed by atoms with Crippen molar-refractivity contribution in [3.63, 3.8) is 0 Å². The van der Waals surface area contributed by atoms with Crippen molar-refractivity contribution in [2.75, 3.05) is 19.4 Å². The minimum atomic E-state index is -3.46. The van der Waals surface area contributed by atoms with E-state index in [1.165, 1.54) is 6.07 Å². The van der Waals surface area contributed by atoms with Gasteiger partial charge in [0.2, 0.25) is 10.0 Å². The number of ether oxygens (including phenoxy) is 1. The van der Waals surface area contributed by atoms with Crippen LogP contribution in [-0.2, 0) is 21.2 Å². The highest BCUT2D eigenvalue weighted by molar-refractivity contribution is 7.88. The summed E-state index contributed by atoms with van der Waals surface area (Å²) in [5.41, 5.74) is 2.05. The van der Waals surface area contributed by atoms with Gasteiger partial charge in [-0.15, -0.1) is 0 Å². The Morgan fingerprint density at radius 2 is 1.97 bits per heavy atom. The van der Waals surface area contributed by atoms with Crippen LogP contribution in [0.3, 0.4) is 0 Å². The van der Waals surface area contributed by atoms with Crippen molar-refractivity contribution in [2.24, 2.45) is 0 Å². The van der Waals surface area contributed by atoms with Gasteiger partial charge >= 0.3 is 6.09 Å². The molecule has 0 radical (unpaired) electrons. The highest BCUT2D eigenvalue weighted by Crippen LogP contribution is 2.27. The average Bonchev–Trinajstić information content (AvgIpc) is 2.70. The number of benzene rings is 2. The Morgan fingerprint density at radius 1 is 1.23 bits per heavy atom. The topological polar surface area (TPSA) is 75.7 Å². The van der Waals surface area contributed by atoms with E-state index in [1.54, 1.807) is 24.0 Å². The summed E-state index contributed by atoms with van der Waals surface area (Å²) in [6, 6.07) is 13.2. The van der Waals surface area contributed by atoms with Crippen molar-refractivity contribution in [1.82, 2.24) is 9.62 Å². The molecule has 0 aromatic heterocycles. The van der Waals surface area contributed by atoms with Gasteiger partial charge in [0.1, 0.15) is 5.82 Å². The van der Waals surface area contributed by atoms with Crippen LogP contribution in [0.2, 0.25) is 0 Å². The smallest absolute Gasteiger partial charge is 0.410 e. The molecular formula is C22H27FN2O4S. The van der Waals surface area contributed by atoms with Gasteiger partial charge in [0.05, 0.1) is 18.9 Å². The molecule has 0 saturated carbocycles. The third kappa shape index (κ3) is 5.58. The first-order valence-electron chi connectivity index (χ1n) is 10.0. The zero-order chi connectivity index (χ0) is 21.7. The maximum atomic E-state index is 14.5. The van der Waals surface area contributed by atoms with Crippen LogP contribution < -0.4 is 4.72 Å². The monoisotopic (exact) mass is 434 g/mol. The van der Waals surface area contributed by atoms with Crippen LogP contribution in [0.25, 0.3) is 11.1 Å². The molecule has 162 valence electrons. The second-order valence-corrected chi connectivity index (χ2v) is 9.26. The summed E-state index contributed by atoms with van der Waals surface area (Å²) in [6.45, 7) is 2.45. The lowest BCUT2D eigenvalue weighted by molar-refractivity contribution is 0.0678. The number of amides is 1. The molecule has 1 amide bonds. The van der Waals surface area contributed by atoms with E-state index in [2.05, 4.69) is 4.72 Å².